The standard InChI is InChI=1S/C10H11N3O.ClH/c11-6-5-9-12-8-4-2-1-3-7(8)10(14)13-9;/h1-4,7H,5-6,11H2;1H. The molecule has 0 radical (unpaired) electrons. The first kappa shape index (κ1) is 11.8. The summed E-state index contributed by atoms with van der Waals surface area (Å²) < 4.78 is 0. The van der Waals surface area contributed by atoms with Crippen LogP contribution < -0.4 is 5.73 Å². The van der Waals surface area contributed by atoms with Gasteiger partial charge in [0.1, 0.15) is 11.8 Å². The number of rotatable bonds is 2. The van der Waals surface area contributed by atoms with Crippen LogP contribution in [0, 0.1) is 5.92 Å². The molecule has 1 aliphatic carbocycles. The number of nitrogens with zero attached hydrogens (tertiary/aromatic N) is 2. The van der Waals surface area contributed by atoms with Crippen molar-refractivity contribution < 1.29 is 4.79 Å². The summed E-state index contributed by atoms with van der Waals surface area (Å²) in [6.07, 6.45) is 7.91. The fourth-order valence-corrected chi connectivity index (χ4v) is 1.46. The Morgan fingerprint density at radius 1 is 1.33 bits per heavy atom. The molecule has 0 aromatic heterocycles. The van der Waals surface area contributed by atoms with Crippen LogP contribution in [0.1, 0.15) is 6.42 Å². The Kier molecular flexibility index (Phi) is 3.94. The fourth-order valence-electron chi connectivity index (χ4n) is 1.46. The Labute approximate surface area is 94.1 Å². The van der Waals surface area contributed by atoms with Gasteiger partial charge >= 0.3 is 0 Å². The van der Waals surface area contributed by atoms with Crippen molar-refractivity contribution in [3.63, 3.8) is 0 Å². The van der Waals surface area contributed by atoms with Gasteiger partial charge in [-0.05, 0) is 12.6 Å². The fraction of sp³-hybridized carbons (Fsp3) is 0.300. The van der Waals surface area contributed by atoms with E-state index in [4.69, 9.17) is 5.73 Å². The van der Waals surface area contributed by atoms with E-state index in [1.807, 2.05) is 24.3 Å². The zero-order valence-corrected chi connectivity index (χ0v) is 8.91. The largest absolute Gasteiger partial charge is 0.330 e. The molecule has 0 aromatic rings. The zero-order chi connectivity index (χ0) is 9.97. The molecule has 4 nitrogen and oxygen atoms in total. The van der Waals surface area contributed by atoms with Gasteiger partial charge in [-0.25, -0.2) is 4.99 Å². The number of amides is 1. The Hall–Kier alpha value is -1.26. The Morgan fingerprint density at radius 2 is 2.13 bits per heavy atom. The van der Waals surface area contributed by atoms with Crippen LogP contribution in [0.25, 0.3) is 0 Å². The van der Waals surface area contributed by atoms with E-state index in [0.717, 1.165) is 5.71 Å². The second-order valence-electron chi connectivity index (χ2n) is 3.16. The van der Waals surface area contributed by atoms with Crippen molar-refractivity contribution in [2.24, 2.45) is 21.6 Å². The molecule has 2 N–H and O–H groups in total. The highest BCUT2D eigenvalue weighted by Gasteiger charge is 2.25. The molecule has 2 rings (SSSR count). The number of hydrogen-bond acceptors (Lipinski definition) is 3. The number of allylic oxidation sites excluding steroid dienone is 3. The number of carbonyl (C=O) groups excluding carboxylic acids is 1. The third-order valence-corrected chi connectivity index (χ3v) is 2.13. The summed E-state index contributed by atoms with van der Waals surface area (Å²) in [7, 11) is 0. The maximum atomic E-state index is 11.5. The lowest BCUT2D eigenvalue weighted by molar-refractivity contribution is -0.118. The molecule has 1 heterocycles. The van der Waals surface area contributed by atoms with Crippen LogP contribution in [-0.2, 0) is 4.79 Å². The number of nitrogens with two attached hydrogens (primary N) is 1. The van der Waals surface area contributed by atoms with Crippen molar-refractivity contribution in [2.45, 2.75) is 6.42 Å². The summed E-state index contributed by atoms with van der Waals surface area (Å²) in [4.78, 5) is 19.7. The first-order valence-electron chi connectivity index (χ1n) is 4.56. The average Bonchev–Trinajstić information content (AvgIpc) is 2.18. The molecule has 1 aliphatic heterocycles. The molecule has 1 unspecified atom stereocenters. The Bertz CT molecular complexity index is 382. The van der Waals surface area contributed by atoms with Crippen LogP contribution in [0.5, 0.6) is 0 Å². The molecule has 2 aliphatic rings. The van der Waals surface area contributed by atoms with E-state index in [-0.39, 0.29) is 24.2 Å². The summed E-state index contributed by atoms with van der Waals surface area (Å²) in [5, 5.41) is 0. The van der Waals surface area contributed by atoms with E-state index in [1.165, 1.54) is 0 Å². The lowest BCUT2D eigenvalue weighted by atomic mass is 9.96. The topological polar surface area (TPSA) is 67.8 Å². The van der Waals surface area contributed by atoms with E-state index in [2.05, 4.69) is 9.98 Å². The van der Waals surface area contributed by atoms with Crippen molar-refractivity contribution in [2.75, 3.05) is 6.54 Å². The van der Waals surface area contributed by atoms with Gasteiger partial charge in [0.2, 0.25) is 0 Å². The van der Waals surface area contributed by atoms with Gasteiger partial charge in [0, 0.05) is 6.42 Å². The van der Waals surface area contributed by atoms with Gasteiger partial charge < -0.3 is 5.73 Å². The highest BCUT2D eigenvalue weighted by atomic mass is 35.5. The third kappa shape index (κ3) is 2.40. The predicted molar refractivity (Wildman–Crippen MR) is 62.6 cm³/mol. The van der Waals surface area contributed by atoms with Crippen molar-refractivity contribution in [3.8, 4) is 0 Å². The summed E-state index contributed by atoms with van der Waals surface area (Å²) >= 11 is 0. The minimum Gasteiger partial charge on any atom is -0.330 e. The maximum Gasteiger partial charge on any atom is 0.260 e. The zero-order valence-electron chi connectivity index (χ0n) is 8.09. The lowest BCUT2D eigenvalue weighted by Gasteiger charge is -2.17. The molecule has 80 valence electrons. The van der Waals surface area contributed by atoms with Crippen LogP contribution in [0.3, 0.4) is 0 Å². The number of aliphatic imine (C=N–C) groups is 2. The van der Waals surface area contributed by atoms with E-state index < -0.39 is 0 Å². The molecule has 15 heavy (non-hydrogen) atoms. The highest BCUT2D eigenvalue weighted by Crippen LogP contribution is 2.16. The number of hydrogen-bond donors (Lipinski definition) is 1. The average molecular weight is 226 g/mol. The maximum absolute atomic E-state index is 11.5. The third-order valence-electron chi connectivity index (χ3n) is 2.13. The first-order valence-corrected chi connectivity index (χ1v) is 4.56. The summed E-state index contributed by atoms with van der Waals surface area (Å²) in [6.45, 7) is 0.465. The number of carbonyl (C=O) groups is 1. The van der Waals surface area contributed by atoms with Gasteiger partial charge in [-0.2, -0.15) is 4.99 Å². The minimum atomic E-state index is -0.276. The molecule has 0 spiro atoms. The van der Waals surface area contributed by atoms with E-state index in [9.17, 15) is 4.79 Å². The minimum absolute atomic E-state index is 0. The summed E-state index contributed by atoms with van der Waals surface area (Å²) in [5.41, 5.74) is 6.15. The van der Waals surface area contributed by atoms with Crippen molar-refractivity contribution >= 4 is 29.9 Å². The molecule has 1 atom stereocenters. The van der Waals surface area contributed by atoms with Gasteiger partial charge in [-0.1, -0.05) is 18.2 Å². The second kappa shape index (κ2) is 5.00. The van der Waals surface area contributed by atoms with Gasteiger partial charge in [0.15, 0.2) is 0 Å². The molecule has 0 bridgehead atoms. The van der Waals surface area contributed by atoms with Crippen molar-refractivity contribution in [1.82, 2.24) is 0 Å². The van der Waals surface area contributed by atoms with Gasteiger partial charge in [-0.15, -0.1) is 12.4 Å². The van der Waals surface area contributed by atoms with Crippen LogP contribution in [0.15, 0.2) is 34.3 Å². The molecule has 0 saturated carbocycles. The summed E-state index contributed by atoms with van der Waals surface area (Å²) in [6, 6.07) is 0. The lowest BCUT2D eigenvalue weighted by Crippen LogP contribution is -2.27. The van der Waals surface area contributed by atoms with E-state index in [0.29, 0.717) is 18.8 Å². The van der Waals surface area contributed by atoms with Gasteiger partial charge in [0.05, 0.1) is 5.71 Å². The SMILES string of the molecule is Cl.NCCC1=NC(=O)C2C=CC=CC2=N1. The molecule has 0 saturated heterocycles. The second-order valence-corrected chi connectivity index (χ2v) is 3.16. The Balaban J connectivity index is 0.00000112. The van der Waals surface area contributed by atoms with Gasteiger partial charge in [0.25, 0.3) is 5.91 Å². The van der Waals surface area contributed by atoms with Crippen LogP contribution in [0.4, 0.5) is 0 Å². The van der Waals surface area contributed by atoms with E-state index >= 15 is 0 Å². The van der Waals surface area contributed by atoms with Crippen LogP contribution >= 0.6 is 12.4 Å². The first-order chi connectivity index (χ1) is 6.81. The predicted octanol–water partition coefficient (Wildman–Crippen LogP) is 0.879. The van der Waals surface area contributed by atoms with Crippen molar-refractivity contribution in [1.29, 1.82) is 0 Å². The summed E-state index contributed by atoms with van der Waals surface area (Å²) in [5.74, 6) is 0.129. The Morgan fingerprint density at radius 3 is 2.87 bits per heavy atom. The molecule has 5 heteroatoms. The molecular weight excluding hydrogens is 214 g/mol. The number of fused-ring (bicyclic) bond motifs is 1. The molecule has 1 amide bonds. The van der Waals surface area contributed by atoms with E-state index in [1.54, 1.807) is 0 Å². The normalized spacial score (nSPS) is 22.7. The molecule has 0 aromatic carbocycles. The molecular formula is C10H12ClN3O. The number of halogens is 1. The van der Waals surface area contributed by atoms with Gasteiger partial charge in [-0.3, -0.25) is 4.79 Å². The smallest absolute Gasteiger partial charge is 0.260 e. The highest BCUT2D eigenvalue weighted by molar-refractivity contribution is 6.21. The van der Waals surface area contributed by atoms with Crippen LogP contribution in [0.2, 0.25) is 0 Å². The monoisotopic (exact) mass is 225 g/mol. The van der Waals surface area contributed by atoms with Crippen molar-refractivity contribution in [3.05, 3.63) is 24.3 Å². The number of amidine groups is 1. The van der Waals surface area contributed by atoms with Crippen LogP contribution in [-0.4, -0.2) is 24.0 Å². The quantitative estimate of drug-likeness (QED) is 0.758. The molecule has 0 fully saturated rings.